The van der Waals surface area contributed by atoms with Gasteiger partial charge in [0.2, 0.25) is 5.88 Å². The topological polar surface area (TPSA) is 80.2 Å². The Morgan fingerprint density at radius 1 is 1.14 bits per heavy atom. The maximum absolute atomic E-state index is 12.1. The molecule has 4 rings (SSSR count). The third kappa shape index (κ3) is 4.63. The summed E-state index contributed by atoms with van der Waals surface area (Å²) in [6, 6.07) is 13.7. The molecule has 0 atom stereocenters. The molecule has 1 fully saturated rings. The van der Waals surface area contributed by atoms with E-state index in [9.17, 15) is 9.59 Å². The van der Waals surface area contributed by atoms with E-state index in [1.165, 1.54) is 0 Å². The number of aryl methyl sites for hydroxylation is 1. The van der Waals surface area contributed by atoms with Gasteiger partial charge in [0.05, 0.1) is 0 Å². The molecule has 3 heterocycles. The first-order chi connectivity index (χ1) is 14.1. The lowest BCUT2D eigenvalue weighted by Gasteiger charge is -2.32. The second-order valence-corrected chi connectivity index (χ2v) is 7.40. The second kappa shape index (κ2) is 8.45. The van der Waals surface area contributed by atoms with Gasteiger partial charge in [-0.1, -0.05) is 18.2 Å². The van der Waals surface area contributed by atoms with E-state index in [4.69, 9.17) is 4.74 Å². The highest BCUT2D eigenvalue weighted by Gasteiger charge is 2.22. The zero-order valence-corrected chi connectivity index (χ0v) is 16.4. The largest absolute Gasteiger partial charge is 0.439 e. The van der Waals surface area contributed by atoms with Gasteiger partial charge in [0.1, 0.15) is 5.75 Å². The molecule has 0 unspecified atom stereocenters. The van der Waals surface area contributed by atoms with Gasteiger partial charge < -0.3 is 4.74 Å². The molecule has 29 heavy (non-hydrogen) atoms. The second-order valence-electron chi connectivity index (χ2n) is 7.40. The Bertz CT molecular complexity index is 1080. The summed E-state index contributed by atoms with van der Waals surface area (Å²) >= 11 is 0. The van der Waals surface area contributed by atoms with E-state index in [0.29, 0.717) is 11.4 Å². The first-order valence-electron chi connectivity index (χ1n) is 9.81. The van der Waals surface area contributed by atoms with Crippen LogP contribution in [0.4, 0.5) is 0 Å². The van der Waals surface area contributed by atoms with Crippen molar-refractivity contribution in [1.82, 2.24) is 19.4 Å². The minimum atomic E-state index is -0.323. The van der Waals surface area contributed by atoms with E-state index in [1.807, 2.05) is 42.5 Å². The van der Waals surface area contributed by atoms with Crippen LogP contribution in [-0.2, 0) is 6.54 Å². The molecule has 0 spiro atoms. The molecule has 0 radical (unpaired) electrons. The van der Waals surface area contributed by atoms with E-state index in [-0.39, 0.29) is 17.3 Å². The van der Waals surface area contributed by atoms with E-state index < -0.39 is 0 Å². The fourth-order valence-corrected chi connectivity index (χ4v) is 3.69. The number of hydrogen-bond acceptors (Lipinski definition) is 5. The number of pyridine rings is 1. The number of aromatic amines is 1. The normalized spacial score (nSPS) is 15.3. The van der Waals surface area contributed by atoms with Crippen LogP contribution in [0.15, 0.2) is 64.4 Å². The molecule has 1 aliphatic heterocycles. The van der Waals surface area contributed by atoms with Gasteiger partial charge in [0.15, 0.2) is 0 Å². The van der Waals surface area contributed by atoms with Gasteiger partial charge in [-0.15, -0.1) is 0 Å². The Morgan fingerprint density at radius 3 is 2.66 bits per heavy atom. The lowest BCUT2D eigenvalue weighted by atomic mass is 10.0. The first-order valence-corrected chi connectivity index (χ1v) is 9.81. The quantitative estimate of drug-likeness (QED) is 0.722. The zero-order valence-electron chi connectivity index (χ0n) is 16.4. The number of hydrogen-bond donors (Lipinski definition) is 1. The van der Waals surface area contributed by atoms with Crippen LogP contribution < -0.4 is 16.0 Å². The van der Waals surface area contributed by atoms with Gasteiger partial charge in [0.25, 0.3) is 5.56 Å². The molecule has 0 aliphatic carbocycles. The number of aromatic nitrogens is 3. The number of nitrogens with zero attached hydrogens (tertiary/aromatic N) is 3. The number of benzene rings is 1. The maximum atomic E-state index is 12.1. The van der Waals surface area contributed by atoms with Crippen LogP contribution in [0.1, 0.15) is 30.0 Å². The van der Waals surface area contributed by atoms with Crippen LogP contribution in [0.3, 0.4) is 0 Å². The Hall–Kier alpha value is -3.19. The van der Waals surface area contributed by atoms with Gasteiger partial charge in [-0.3, -0.25) is 19.2 Å². The van der Waals surface area contributed by atoms with Crippen LogP contribution in [-0.4, -0.2) is 32.5 Å². The fraction of sp³-hybridized carbons (Fsp3) is 0.318. The van der Waals surface area contributed by atoms with Crippen LogP contribution >= 0.6 is 0 Å². The summed E-state index contributed by atoms with van der Waals surface area (Å²) in [5.41, 5.74) is 1.07. The third-order valence-corrected chi connectivity index (χ3v) is 5.27. The monoisotopic (exact) mass is 392 g/mol. The molecule has 150 valence electrons. The molecule has 0 amide bonds. The summed E-state index contributed by atoms with van der Waals surface area (Å²) in [4.78, 5) is 32.8. The minimum Gasteiger partial charge on any atom is -0.439 e. The van der Waals surface area contributed by atoms with E-state index in [0.717, 1.165) is 43.8 Å². The molecule has 0 saturated carbocycles. The predicted molar refractivity (Wildman–Crippen MR) is 110 cm³/mol. The van der Waals surface area contributed by atoms with Crippen molar-refractivity contribution in [3.05, 3.63) is 86.8 Å². The average molecular weight is 392 g/mol. The summed E-state index contributed by atoms with van der Waals surface area (Å²) in [5.74, 6) is 1.35. The average Bonchev–Trinajstić information content (AvgIpc) is 2.72. The highest BCUT2D eigenvalue weighted by molar-refractivity contribution is 5.28. The molecule has 3 aromatic rings. The number of piperidine rings is 1. The first kappa shape index (κ1) is 19.1. The Morgan fingerprint density at radius 2 is 1.90 bits per heavy atom. The van der Waals surface area contributed by atoms with Gasteiger partial charge in [-0.2, -0.15) is 0 Å². The van der Waals surface area contributed by atoms with Crippen LogP contribution in [0.25, 0.3) is 0 Å². The molecule has 1 aromatic carbocycles. The molecular formula is C22H24N4O3. The van der Waals surface area contributed by atoms with Crippen LogP contribution in [0.5, 0.6) is 11.6 Å². The number of nitrogens with one attached hydrogen (secondary N) is 1. The molecule has 1 saturated heterocycles. The zero-order chi connectivity index (χ0) is 20.2. The fourth-order valence-electron chi connectivity index (χ4n) is 3.69. The van der Waals surface area contributed by atoms with Crippen molar-refractivity contribution >= 4 is 0 Å². The summed E-state index contributed by atoms with van der Waals surface area (Å²) in [6.07, 6.45) is 5.17. The predicted octanol–water partition coefficient (Wildman–Crippen LogP) is 2.87. The van der Waals surface area contributed by atoms with E-state index in [1.54, 1.807) is 23.9 Å². The Labute approximate surface area is 168 Å². The standard InChI is InChI=1S/C22H24N4O3/c1-16-14-26(22(28)24-21(16)27)18-8-11-25(12-9-18)15-17-7-10-23-20(13-17)29-19-5-3-2-4-6-19/h2-7,10,13-14,18H,8-9,11-12,15H2,1H3,(H,24,27,28). The summed E-state index contributed by atoms with van der Waals surface area (Å²) in [5, 5.41) is 0. The van der Waals surface area contributed by atoms with Gasteiger partial charge in [-0.25, -0.2) is 9.78 Å². The molecule has 7 nitrogen and oxygen atoms in total. The molecule has 2 aromatic heterocycles. The van der Waals surface area contributed by atoms with Crippen molar-refractivity contribution in [3.63, 3.8) is 0 Å². The summed E-state index contributed by atoms with van der Waals surface area (Å²) in [6.45, 7) is 4.29. The Balaban J connectivity index is 1.38. The molecule has 1 N–H and O–H groups in total. The number of H-pyrrole nitrogens is 1. The van der Waals surface area contributed by atoms with Crippen molar-refractivity contribution in [2.45, 2.75) is 32.4 Å². The van der Waals surface area contributed by atoms with Gasteiger partial charge >= 0.3 is 5.69 Å². The van der Waals surface area contributed by atoms with Crippen molar-refractivity contribution in [3.8, 4) is 11.6 Å². The minimum absolute atomic E-state index is 0.115. The SMILES string of the molecule is Cc1cn(C2CCN(Cc3ccnc(Oc4ccccc4)c3)CC2)c(=O)[nH]c1=O. The lowest BCUT2D eigenvalue weighted by Crippen LogP contribution is -2.39. The maximum Gasteiger partial charge on any atom is 0.328 e. The third-order valence-electron chi connectivity index (χ3n) is 5.27. The summed E-state index contributed by atoms with van der Waals surface area (Å²) < 4.78 is 7.49. The van der Waals surface area contributed by atoms with E-state index >= 15 is 0 Å². The van der Waals surface area contributed by atoms with Crippen molar-refractivity contribution in [2.24, 2.45) is 0 Å². The number of ether oxygens (including phenoxy) is 1. The smallest absolute Gasteiger partial charge is 0.328 e. The molecule has 1 aliphatic rings. The van der Waals surface area contributed by atoms with Gasteiger partial charge in [-0.05, 0) is 43.5 Å². The number of rotatable bonds is 5. The number of para-hydroxylation sites is 1. The molecule has 7 heteroatoms. The van der Waals surface area contributed by atoms with E-state index in [2.05, 4.69) is 14.9 Å². The van der Waals surface area contributed by atoms with Crippen molar-refractivity contribution in [1.29, 1.82) is 0 Å². The molecular weight excluding hydrogens is 368 g/mol. The highest BCUT2D eigenvalue weighted by atomic mass is 16.5. The highest BCUT2D eigenvalue weighted by Crippen LogP contribution is 2.24. The molecule has 0 bridgehead atoms. The van der Waals surface area contributed by atoms with Crippen LogP contribution in [0, 0.1) is 6.92 Å². The summed E-state index contributed by atoms with van der Waals surface area (Å²) in [7, 11) is 0. The van der Waals surface area contributed by atoms with Crippen molar-refractivity contribution in [2.75, 3.05) is 13.1 Å². The number of likely N-dealkylation sites (tertiary alicyclic amines) is 1. The van der Waals surface area contributed by atoms with Crippen molar-refractivity contribution < 1.29 is 4.74 Å². The lowest BCUT2D eigenvalue weighted by molar-refractivity contribution is 0.176. The van der Waals surface area contributed by atoms with Gasteiger partial charge in [0, 0.05) is 49.7 Å². The Kier molecular flexibility index (Phi) is 5.57. The van der Waals surface area contributed by atoms with Crippen LogP contribution in [0.2, 0.25) is 0 Å².